The predicted octanol–water partition coefficient (Wildman–Crippen LogP) is 4.99. The summed E-state index contributed by atoms with van der Waals surface area (Å²) in [7, 11) is 0. The maximum absolute atomic E-state index is 10.7. The van der Waals surface area contributed by atoms with Crippen molar-refractivity contribution in [3.05, 3.63) is 60.2 Å². The van der Waals surface area contributed by atoms with Crippen molar-refractivity contribution in [1.82, 2.24) is 0 Å². The minimum atomic E-state index is -0.724. The SMILES string of the molecule is O=C(O)CCCc1cc2ccc3cccc4ccc(c1)c2c34. The Labute approximate surface area is 128 Å². The lowest BCUT2D eigenvalue weighted by Crippen LogP contribution is -1.96. The molecule has 4 aromatic carbocycles. The average Bonchev–Trinajstić information content (AvgIpc) is 2.52. The van der Waals surface area contributed by atoms with E-state index in [0.29, 0.717) is 6.42 Å². The molecule has 0 unspecified atom stereocenters. The zero-order valence-electron chi connectivity index (χ0n) is 12.2. The van der Waals surface area contributed by atoms with Crippen molar-refractivity contribution in [2.45, 2.75) is 19.3 Å². The number of carboxylic acid groups (broad SMARTS) is 1. The van der Waals surface area contributed by atoms with Gasteiger partial charge in [0.05, 0.1) is 0 Å². The molecule has 0 heterocycles. The Balaban J connectivity index is 1.88. The van der Waals surface area contributed by atoms with Crippen LogP contribution in [0.4, 0.5) is 0 Å². The van der Waals surface area contributed by atoms with E-state index in [9.17, 15) is 4.79 Å². The number of aryl methyl sites for hydroxylation is 1. The fourth-order valence-corrected chi connectivity index (χ4v) is 3.41. The summed E-state index contributed by atoms with van der Waals surface area (Å²) in [5.74, 6) is -0.724. The van der Waals surface area contributed by atoms with Gasteiger partial charge in [-0.2, -0.15) is 0 Å². The van der Waals surface area contributed by atoms with Crippen molar-refractivity contribution < 1.29 is 9.90 Å². The van der Waals surface area contributed by atoms with Crippen LogP contribution in [0.5, 0.6) is 0 Å². The van der Waals surface area contributed by atoms with Crippen LogP contribution in [0.3, 0.4) is 0 Å². The zero-order valence-corrected chi connectivity index (χ0v) is 12.2. The van der Waals surface area contributed by atoms with E-state index in [1.165, 1.54) is 37.9 Å². The molecule has 0 fully saturated rings. The first kappa shape index (κ1) is 13.1. The molecule has 2 nitrogen and oxygen atoms in total. The van der Waals surface area contributed by atoms with Gasteiger partial charge in [0.1, 0.15) is 0 Å². The van der Waals surface area contributed by atoms with Gasteiger partial charge in [-0.15, -0.1) is 0 Å². The van der Waals surface area contributed by atoms with Gasteiger partial charge in [-0.1, -0.05) is 54.6 Å². The van der Waals surface area contributed by atoms with E-state index < -0.39 is 5.97 Å². The fraction of sp³-hybridized carbons (Fsp3) is 0.150. The van der Waals surface area contributed by atoms with Crippen LogP contribution in [0.25, 0.3) is 32.3 Å². The Morgan fingerprint density at radius 3 is 1.95 bits per heavy atom. The quantitative estimate of drug-likeness (QED) is 0.537. The summed E-state index contributed by atoms with van der Waals surface area (Å²) in [5.41, 5.74) is 1.21. The van der Waals surface area contributed by atoms with E-state index in [0.717, 1.165) is 6.42 Å². The number of carbonyl (C=O) groups is 1. The van der Waals surface area contributed by atoms with E-state index >= 15 is 0 Å². The first-order valence-corrected chi connectivity index (χ1v) is 7.60. The Morgan fingerprint density at radius 2 is 1.36 bits per heavy atom. The first-order chi connectivity index (χ1) is 10.7. The van der Waals surface area contributed by atoms with E-state index in [1.807, 2.05) is 0 Å². The van der Waals surface area contributed by atoms with Gasteiger partial charge in [0.15, 0.2) is 0 Å². The lowest BCUT2D eigenvalue weighted by molar-refractivity contribution is -0.137. The second-order valence-electron chi connectivity index (χ2n) is 5.87. The fourth-order valence-electron chi connectivity index (χ4n) is 3.41. The van der Waals surface area contributed by atoms with Gasteiger partial charge >= 0.3 is 5.97 Å². The second kappa shape index (κ2) is 4.99. The maximum Gasteiger partial charge on any atom is 0.303 e. The molecule has 0 aliphatic carbocycles. The minimum Gasteiger partial charge on any atom is -0.481 e. The summed E-state index contributed by atoms with van der Waals surface area (Å²) in [4.78, 5) is 10.7. The van der Waals surface area contributed by atoms with Crippen LogP contribution in [0.1, 0.15) is 18.4 Å². The normalized spacial score (nSPS) is 11.6. The van der Waals surface area contributed by atoms with Crippen LogP contribution in [0.15, 0.2) is 54.6 Å². The van der Waals surface area contributed by atoms with Gasteiger partial charge in [-0.3, -0.25) is 4.79 Å². The first-order valence-electron chi connectivity index (χ1n) is 7.60. The number of rotatable bonds is 4. The van der Waals surface area contributed by atoms with Crippen molar-refractivity contribution >= 4 is 38.3 Å². The van der Waals surface area contributed by atoms with Crippen LogP contribution in [0, 0.1) is 0 Å². The van der Waals surface area contributed by atoms with Gasteiger partial charge in [-0.05, 0) is 50.7 Å². The van der Waals surface area contributed by atoms with E-state index in [2.05, 4.69) is 54.6 Å². The Morgan fingerprint density at radius 1 is 0.818 bits per heavy atom. The number of hydrogen-bond acceptors (Lipinski definition) is 1. The molecule has 0 radical (unpaired) electrons. The molecule has 0 spiro atoms. The highest BCUT2D eigenvalue weighted by molar-refractivity contribution is 6.23. The highest BCUT2D eigenvalue weighted by Gasteiger charge is 2.09. The van der Waals surface area contributed by atoms with Gasteiger partial charge < -0.3 is 5.11 Å². The minimum absolute atomic E-state index is 0.227. The molecule has 0 aliphatic heterocycles. The van der Waals surface area contributed by atoms with Crippen molar-refractivity contribution in [1.29, 1.82) is 0 Å². The van der Waals surface area contributed by atoms with E-state index in [-0.39, 0.29) is 6.42 Å². The van der Waals surface area contributed by atoms with Gasteiger partial charge in [0.25, 0.3) is 0 Å². The largest absolute Gasteiger partial charge is 0.481 e. The molecular formula is C20H16O2. The Bertz CT molecular complexity index is 921. The number of carboxylic acids is 1. The molecule has 4 aromatic rings. The lowest BCUT2D eigenvalue weighted by Gasteiger charge is -2.12. The van der Waals surface area contributed by atoms with Crippen LogP contribution in [-0.2, 0) is 11.2 Å². The van der Waals surface area contributed by atoms with E-state index in [1.54, 1.807) is 0 Å². The summed E-state index contributed by atoms with van der Waals surface area (Å²) in [6.07, 6.45) is 1.72. The molecule has 0 bridgehead atoms. The summed E-state index contributed by atoms with van der Waals surface area (Å²) < 4.78 is 0. The molecule has 0 saturated heterocycles. The summed E-state index contributed by atoms with van der Waals surface area (Å²) >= 11 is 0. The monoisotopic (exact) mass is 288 g/mol. The molecule has 108 valence electrons. The molecule has 1 N–H and O–H groups in total. The third-order valence-electron chi connectivity index (χ3n) is 4.38. The third kappa shape index (κ3) is 2.08. The molecule has 4 rings (SSSR count). The molecule has 0 aliphatic rings. The number of aliphatic carboxylic acids is 1. The zero-order chi connectivity index (χ0) is 15.1. The maximum atomic E-state index is 10.7. The van der Waals surface area contributed by atoms with Crippen molar-refractivity contribution in [3.8, 4) is 0 Å². The van der Waals surface area contributed by atoms with Crippen LogP contribution in [-0.4, -0.2) is 11.1 Å². The molecule has 0 saturated carbocycles. The molecule has 0 amide bonds. The van der Waals surface area contributed by atoms with E-state index in [4.69, 9.17) is 5.11 Å². The van der Waals surface area contributed by atoms with Gasteiger partial charge in [0, 0.05) is 6.42 Å². The standard InChI is InChI=1S/C20H16O2/c21-18(22)6-1-3-13-11-16-9-7-14-4-2-5-15-8-10-17(12-13)20(16)19(14)15/h2,4-5,7-12H,1,3,6H2,(H,21,22). The third-order valence-corrected chi connectivity index (χ3v) is 4.38. The Hall–Kier alpha value is -2.61. The molecular weight excluding hydrogens is 272 g/mol. The summed E-state index contributed by atoms with van der Waals surface area (Å²) in [5, 5.41) is 16.5. The van der Waals surface area contributed by atoms with Crippen LogP contribution < -0.4 is 0 Å². The molecule has 0 atom stereocenters. The van der Waals surface area contributed by atoms with Crippen LogP contribution >= 0.6 is 0 Å². The molecule has 22 heavy (non-hydrogen) atoms. The highest BCUT2D eigenvalue weighted by atomic mass is 16.4. The summed E-state index contributed by atoms with van der Waals surface area (Å²) in [6.45, 7) is 0. The van der Waals surface area contributed by atoms with Gasteiger partial charge in [-0.25, -0.2) is 0 Å². The van der Waals surface area contributed by atoms with Crippen LogP contribution in [0.2, 0.25) is 0 Å². The highest BCUT2D eigenvalue weighted by Crippen LogP contribution is 2.35. The molecule has 0 aromatic heterocycles. The summed E-state index contributed by atoms with van der Waals surface area (Å²) in [6, 6.07) is 19.5. The average molecular weight is 288 g/mol. The molecule has 2 heteroatoms. The smallest absolute Gasteiger partial charge is 0.303 e. The van der Waals surface area contributed by atoms with Crippen molar-refractivity contribution in [2.75, 3.05) is 0 Å². The second-order valence-corrected chi connectivity index (χ2v) is 5.87. The van der Waals surface area contributed by atoms with Crippen molar-refractivity contribution in [2.24, 2.45) is 0 Å². The topological polar surface area (TPSA) is 37.3 Å². The number of hydrogen-bond donors (Lipinski definition) is 1. The Kier molecular flexibility index (Phi) is 2.97. The van der Waals surface area contributed by atoms with Gasteiger partial charge in [0.2, 0.25) is 0 Å². The number of benzene rings is 4. The predicted molar refractivity (Wildman–Crippen MR) is 90.7 cm³/mol. The van der Waals surface area contributed by atoms with Crippen molar-refractivity contribution in [3.63, 3.8) is 0 Å². The lowest BCUT2D eigenvalue weighted by atomic mass is 9.92.